The van der Waals surface area contributed by atoms with Crippen LogP contribution in [0.1, 0.15) is 34.7 Å². The molecule has 1 unspecified atom stereocenters. The van der Waals surface area contributed by atoms with Crippen molar-refractivity contribution in [3.63, 3.8) is 0 Å². The van der Waals surface area contributed by atoms with Gasteiger partial charge in [-0.3, -0.25) is 14.9 Å². The number of rotatable bonds is 6. The first kappa shape index (κ1) is 21.9. The van der Waals surface area contributed by atoms with Crippen molar-refractivity contribution in [1.82, 2.24) is 5.32 Å². The van der Waals surface area contributed by atoms with Crippen LogP contribution in [0, 0.1) is 13.8 Å². The summed E-state index contributed by atoms with van der Waals surface area (Å²) in [6, 6.07) is 22.2. The molecule has 0 aromatic heterocycles. The van der Waals surface area contributed by atoms with Gasteiger partial charge in [0.15, 0.2) is 0 Å². The Labute approximate surface area is 192 Å². The molecule has 4 rings (SSSR count). The van der Waals surface area contributed by atoms with Crippen LogP contribution in [0.5, 0.6) is 11.5 Å². The van der Waals surface area contributed by atoms with Crippen LogP contribution in [0.25, 0.3) is 11.6 Å². The standard InChI is InChI=1S/C27H25NO3S/c1-17-12-18(2)14-21(13-17)15-19(3)22-6-10-24(11-7-22)31-23-8-4-20(5-9-23)16-25-26(29)28-27(30)32-25/h4-15,25H,16H2,1-3H3,(H,28,29,30)/b19-15-. The quantitative estimate of drug-likeness (QED) is 0.439. The topological polar surface area (TPSA) is 55.4 Å². The maximum absolute atomic E-state index is 11.7. The van der Waals surface area contributed by atoms with E-state index in [0.29, 0.717) is 6.42 Å². The summed E-state index contributed by atoms with van der Waals surface area (Å²) in [5, 5.41) is 1.68. The number of ether oxygens (including phenoxy) is 1. The van der Waals surface area contributed by atoms with E-state index in [0.717, 1.165) is 34.4 Å². The fourth-order valence-electron chi connectivity index (χ4n) is 3.78. The van der Waals surface area contributed by atoms with Crippen molar-refractivity contribution in [3.8, 4) is 11.5 Å². The molecular formula is C27H25NO3S. The molecule has 1 atom stereocenters. The van der Waals surface area contributed by atoms with Gasteiger partial charge in [-0.25, -0.2) is 0 Å². The maximum atomic E-state index is 11.7. The van der Waals surface area contributed by atoms with E-state index in [-0.39, 0.29) is 16.4 Å². The lowest BCUT2D eigenvalue weighted by Crippen LogP contribution is -2.25. The Morgan fingerprint density at radius 2 is 1.53 bits per heavy atom. The maximum Gasteiger partial charge on any atom is 0.286 e. The van der Waals surface area contributed by atoms with Gasteiger partial charge in [0, 0.05) is 0 Å². The van der Waals surface area contributed by atoms with Gasteiger partial charge in [0.2, 0.25) is 5.91 Å². The molecular weight excluding hydrogens is 418 g/mol. The van der Waals surface area contributed by atoms with E-state index in [2.05, 4.69) is 62.5 Å². The summed E-state index contributed by atoms with van der Waals surface area (Å²) in [5.41, 5.74) is 7.06. The lowest BCUT2D eigenvalue weighted by molar-refractivity contribution is -0.118. The summed E-state index contributed by atoms with van der Waals surface area (Å²) in [7, 11) is 0. The third-order valence-electron chi connectivity index (χ3n) is 5.28. The van der Waals surface area contributed by atoms with Crippen LogP contribution >= 0.6 is 11.8 Å². The Morgan fingerprint density at radius 3 is 2.09 bits per heavy atom. The summed E-state index contributed by atoms with van der Waals surface area (Å²) in [6.07, 6.45) is 2.72. The number of aryl methyl sites for hydroxylation is 2. The molecule has 0 spiro atoms. The van der Waals surface area contributed by atoms with Crippen molar-refractivity contribution >= 4 is 34.6 Å². The number of hydrogen-bond donors (Lipinski definition) is 1. The Hall–Kier alpha value is -3.31. The molecule has 4 nitrogen and oxygen atoms in total. The van der Waals surface area contributed by atoms with Crippen LogP contribution in [-0.2, 0) is 11.2 Å². The average molecular weight is 444 g/mol. The largest absolute Gasteiger partial charge is 0.457 e. The molecule has 0 bridgehead atoms. The second-order valence-corrected chi connectivity index (χ2v) is 9.28. The van der Waals surface area contributed by atoms with Crippen LogP contribution in [0.2, 0.25) is 0 Å². The van der Waals surface area contributed by atoms with Crippen molar-refractivity contribution in [2.24, 2.45) is 0 Å². The summed E-state index contributed by atoms with van der Waals surface area (Å²) >= 11 is 1.05. The smallest absolute Gasteiger partial charge is 0.286 e. The van der Waals surface area contributed by atoms with E-state index in [1.54, 1.807) is 0 Å². The SMILES string of the molecule is C/C(=C/c1cc(C)cc(C)c1)c1ccc(Oc2ccc(CC3SC(=O)NC3=O)cc2)cc1. The molecule has 1 aliphatic rings. The van der Waals surface area contributed by atoms with E-state index in [1.165, 1.54) is 22.3 Å². The molecule has 2 amide bonds. The van der Waals surface area contributed by atoms with Gasteiger partial charge in [0.25, 0.3) is 5.24 Å². The molecule has 1 fully saturated rings. The number of nitrogens with one attached hydrogen (secondary N) is 1. The lowest BCUT2D eigenvalue weighted by Gasteiger charge is -2.09. The summed E-state index contributed by atoms with van der Waals surface area (Å²) in [5.74, 6) is 1.27. The number of thioether (sulfide) groups is 1. The monoisotopic (exact) mass is 443 g/mol. The summed E-state index contributed by atoms with van der Waals surface area (Å²) in [6.45, 7) is 6.34. The molecule has 1 aliphatic heterocycles. The van der Waals surface area contributed by atoms with Gasteiger partial charge in [0.05, 0.1) is 5.25 Å². The third-order valence-corrected chi connectivity index (χ3v) is 6.27. The van der Waals surface area contributed by atoms with Crippen molar-refractivity contribution in [1.29, 1.82) is 0 Å². The van der Waals surface area contributed by atoms with Gasteiger partial charge in [-0.15, -0.1) is 0 Å². The second-order valence-electron chi connectivity index (χ2n) is 8.11. The van der Waals surface area contributed by atoms with Crippen LogP contribution in [0.4, 0.5) is 4.79 Å². The molecule has 3 aromatic carbocycles. The number of hydrogen-bond acceptors (Lipinski definition) is 4. The van der Waals surface area contributed by atoms with Crippen LogP contribution in [0.3, 0.4) is 0 Å². The van der Waals surface area contributed by atoms with Gasteiger partial charge in [-0.05, 0) is 73.7 Å². The molecule has 1 heterocycles. The third kappa shape index (κ3) is 5.48. The minimum absolute atomic E-state index is 0.220. The molecule has 162 valence electrons. The van der Waals surface area contributed by atoms with Gasteiger partial charge in [-0.1, -0.05) is 71.4 Å². The number of carbonyl (C=O) groups excluding carboxylic acids is 2. The predicted octanol–water partition coefficient (Wildman–Crippen LogP) is 6.55. The Bertz CT molecular complexity index is 1160. The van der Waals surface area contributed by atoms with Gasteiger partial charge in [0.1, 0.15) is 11.5 Å². The highest BCUT2D eigenvalue weighted by atomic mass is 32.2. The zero-order valence-electron chi connectivity index (χ0n) is 18.3. The van der Waals surface area contributed by atoms with Crippen molar-refractivity contribution in [3.05, 3.63) is 94.5 Å². The number of benzene rings is 3. The van der Waals surface area contributed by atoms with Crippen LogP contribution < -0.4 is 10.1 Å². The van der Waals surface area contributed by atoms with Crippen molar-refractivity contribution < 1.29 is 14.3 Å². The van der Waals surface area contributed by atoms with E-state index < -0.39 is 0 Å². The fraction of sp³-hybridized carbons (Fsp3) is 0.185. The number of carbonyl (C=O) groups is 2. The molecule has 32 heavy (non-hydrogen) atoms. The number of imide groups is 1. The molecule has 0 aliphatic carbocycles. The summed E-state index contributed by atoms with van der Waals surface area (Å²) < 4.78 is 5.97. The normalized spacial score (nSPS) is 16.2. The fourth-order valence-corrected chi connectivity index (χ4v) is 4.64. The number of amides is 2. The zero-order chi connectivity index (χ0) is 22.7. The highest BCUT2D eigenvalue weighted by Crippen LogP contribution is 2.27. The molecule has 1 saturated heterocycles. The highest BCUT2D eigenvalue weighted by molar-refractivity contribution is 8.15. The molecule has 3 aromatic rings. The van der Waals surface area contributed by atoms with E-state index >= 15 is 0 Å². The predicted molar refractivity (Wildman–Crippen MR) is 131 cm³/mol. The van der Waals surface area contributed by atoms with Gasteiger partial charge < -0.3 is 4.74 Å². The first-order chi connectivity index (χ1) is 15.4. The molecule has 0 radical (unpaired) electrons. The highest BCUT2D eigenvalue weighted by Gasteiger charge is 2.31. The molecule has 1 N–H and O–H groups in total. The van der Waals surface area contributed by atoms with Gasteiger partial charge in [-0.2, -0.15) is 0 Å². The summed E-state index contributed by atoms with van der Waals surface area (Å²) in [4.78, 5) is 23.0. The minimum atomic E-state index is -0.359. The zero-order valence-corrected chi connectivity index (χ0v) is 19.2. The van der Waals surface area contributed by atoms with Gasteiger partial charge >= 0.3 is 0 Å². The van der Waals surface area contributed by atoms with Crippen molar-refractivity contribution in [2.75, 3.05) is 0 Å². The first-order valence-electron chi connectivity index (χ1n) is 10.5. The minimum Gasteiger partial charge on any atom is -0.457 e. The molecule has 5 heteroatoms. The van der Waals surface area contributed by atoms with E-state index in [9.17, 15) is 9.59 Å². The van der Waals surface area contributed by atoms with Crippen LogP contribution in [0.15, 0.2) is 66.7 Å². The first-order valence-corrected chi connectivity index (χ1v) is 11.4. The Morgan fingerprint density at radius 1 is 0.938 bits per heavy atom. The number of allylic oxidation sites excluding steroid dienone is 1. The lowest BCUT2D eigenvalue weighted by atomic mass is 10.0. The Kier molecular flexibility index (Phi) is 6.47. The van der Waals surface area contributed by atoms with E-state index in [4.69, 9.17) is 4.74 Å². The Balaban J connectivity index is 1.39. The van der Waals surface area contributed by atoms with E-state index in [1.807, 2.05) is 36.4 Å². The van der Waals surface area contributed by atoms with Crippen LogP contribution in [-0.4, -0.2) is 16.4 Å². The average Bonchev–Trinajstić information content (AvgIpc) is 3.06. The molecule has 0 saturated carbocycles. The second kappa shape index (κ2) is 9.45. The van der Waals surface area contributed by atoms with Crippen molar-refractivity contribution in [2.45, 2.75) is 32.4 Å².